The van der Waals surface area contributed by atoms with Crippen molar-refractivity contribution in [2.24, 2.45) is 0 Å². The molecule has 2 amide bonds. The minimum atomic E-state index is -0.129. The monoisotopic (exact) mass is 342 g/mol. The van der Waals surface area contributed by atoms with Gasteiger partial charge < -0.3 is 15.4 Å². The first-order chi connectivity index (χ1) is 11.7. The maximum atomic E-state index is 12.2. The maximum Gasteiger partial charge on any atom is 0.251 e. The highest BCUT2D eigenvalue weighted by atomic mass is 32.2. The van der Waals surface area contributed by atoms with E-state index in [1.165, 1.54) is 0 Å². The summed E-state index contributed by atoms with van der Waals surface area (Å²) in [6, 6.07) is 13.1. The van der Waals surface area contributed by atoms with Gasteiger partial charge in [0.15, 0.2) is 0 Å². The number of methoxy groups -OCH3 is 1. The number of hydrogen-bond acceptors (Lipinski definition) is 4. The molecule has 124 valence electrons. The number of nitrogens with one attached hydrogen (secondary N) is 2. The van der Waals surface area contributed by atoms with Gasteiger partial charge in [0.2, 0.25) is 5.91 Å². The minimum Gasteiger partial charge on any atom is -0.497 e. The van der Waals surface area contributed by atoms with Crippen LogP contribution in [0.1, 0.15) is 15.9 Å². The number of carbonyl (C=O) groups is 2. The number of fused-ring (bicyclic) bond motifs is 1. The molecular weight excluding hydrogens is 324 g/mol. The van der Waals surface area contributed by atoms with Gasteiger partial charge in [0.25, 0.3) is 5.91 Å². The highest BCUT2D eigenvalue weighted by Gasteiger charge is 2.15. The SMILES string of the molecule is COc1cccc(C(=O)NCCc2ccc3c(c2)NC(=O)CS3)c1. The lowest BCUT2D eigenvalue weighted by molar-refractivity contribution is -0.113. The number of amides is 2. The topological polar surface area (TPSA) is 67.4 Å². The molecule has 2 aromatic rings. The Morgan fingerprint density at radius 1 is 1.29 bits per heavy atom. The molecule has 0 bridgehead atoms. The minimum absolute atomic E-state index is 0.0241. The van der Waals surface area contributed by atoms with Crippen LogP contribution in [0, 0.1) is 0 Å². The van der Waals surface area contributed by atoms with E-state index in [1.807, 2.05) is 18.2 Å². The highest BCUT2D eigenvalue weighted by molar-refractivity contribution is 8.00. The third kappa shape index (κ3) is 3.89. The molecule has 0 aromatic heterocycles. The Hall–Kier alpha value is -2.47. The molecule has 24 heavy (non-hydrogen) atoms. The Morgan fingerprint density at radius 3 is 3.00 bits per heavy atom. The zero-order valence-electron chi connectivity index (χ0n) is 13.3. The van der Waals surface area contributed by atoms with E-state index >= 15 is 0 Å². The lowest BCUT2D eigenvalue weighted by atomic mass is 10.1. The first-order valence-corrected chi connectivity index (χ1v) is 8.62. The van der Waals surface area contributed by atoms with E-state index in [0.29, 0.717) is 30.0 Å². The Kier molecular flexibility index (Phi) is 5.05. The summed E-state index contributed by atoms with van der Waals surface area (Å²) in [6.07, 6.45) is 0.698. The molecule has 1 aliphatic heterocycles. The van der Waals surface area contributed by atoms with Gasteiger partial charge >= 0.3 is 0 Å². The van der Waals surface area contributed by atoms with Gasteiger partial charge in [-0.15, -0.1) is 11.8 Å². The van der Waals surface area contributed by atoms with E-state index in [1.54, 1.807) is 43.1 Å². The van der Waals surface area contributed by atoms with Gasteiger partial charge in [-0.1, -0.05) is 12.1 Å². The zero-order chi connectivity index (χ0) is 16.9. The maximum absolute atomic E-state index is 12.2. The molecule has 0 fully saturated rings. The lowest BCUT2D eigenvalue weighted by Gasteiger charge is -2.17. The fraction of sp³-hybridized carbons (Fsp3) is 0.222. The van der Waals surface area contributed by atoms with Crippen molar-refractivity contribution in [1.82, 2.24) is 5.32 Å². The van der Waals surface area contributed by atoms with E-state index in [4.69, 9.17) is 4.74 Å². The average Bonchev–Trinajstić information content (AvgIpc) is 2.61. The molecule has 0 saturated heterocycles. The second-order valence-corrected chi connectivity index (χ2v) is 6.42. The Balaban J connectivity index is 1.57. The van der Waals surface area contributed by atoms with Crippen LogP contribution in [0.5, 0.6) is 5.75 Å². The Bertz CT molecular complexity index is 777. The summed E-state index contributed by atoms with van der Waals surface area (Å²) in [5, 5.41) is 5.78. The van der Waals surface area contributed by atoms with Gasteiger partial charge in [-0.2, -0.15) is 0 Å². The summed E-state index contributed by atoms with van der Waals surface area (Å²) >= 11 is 1.54. The molecule has 2 N–H and O–H groups in total. The van der Waals surface area contributed by atoms with Gasteiger partial charge in [0, 0.05) is 17.0 Å². The standard InChI is InChI=1S/C18H18N2O3S/c1-23-14-4-2-3-13(10-14)18(22)19-8-7-12-5-6-16-15(9-12)20-17(21)11-24-16/h2-6,9-10H,7-8,11H2,1H3,(H,19,22)(H,20,21). The molecule has 0 aliphatic carbocycles. The van der Waals surface area contributed by atoms with Crippen molar-refractivity contribution < 1.29 is 14.3 Å². The fourth-order valence-electron chi connectivity index (χ4n) is 2.47. The molecule has 1 heterocycles. The van der Waals surface area contributed by atoms with Crippen LogP contribution in [0.15, 0.2) is 47.4 Å². The fourth-order valence-corrected chi connectivity index (χ4v) is 3.26. The molecule has 0 saturated carbocycles. The molecule has 0 spiro atoms. The summed E-state index contributed by atoms with van der Waals surface area (Å²) in [5.41, 5.74) is 2.50. The van der Waals surface area contributed by atoms with Crippen LogP contribution in [0.25, 0.3) is 0 Å². The zero-order valence-corrected chi connectivity index (χ0v) is 14.1. The van der Waals surface area contributed by atoms with Crippen molar-refractivity contribution in [3.63, 3.8) is 0 Å². The number of carbonyl (C=O) groups excluding carboxylic acids is 2. The molecule has 1 aliphatic rings. The predicted octanol–water partition coefficient (Wildman–Crippen LogP) is 2.71. The lowest BCUT2D eigenvalue weighted by Crippen LogP contribution is -2.25. The summed E-state index contributed by atoms with van der Waals surface area (Å²) in [6.45, 7) is 0.524. The third-order valence-corrected chi connectivity index (χ3v) is 4.78. The molecule has 0 atom stereocenters. The van der Waals surface area contributed by atoms with Gasteiger partial charge in [-0.25, -0.2) is 0 Å². The van der Waals surface area contributed by atoms with E-state index in [2.05, 4.69) is 10.6 Å². The number of hydrogen-bond donors (Lipinski definition) is 2. The Morgan fingerprint density at radius 2 is 2.17 bits per heavy atom. The normalized spacial score (nSPS) is 13.0. The van der Waals surface area contributed by atoms with Crippen LogP contribution in [0.4, 0.5) is 5.69 Å². The molecule has 6 heteroatoms. The molecular formula is C18H18N2O3S. The van der Waals surface area contributed by atoms with Crippen LogP contribution < -0.4 is 15.4 Å². The van der Waals surface area contributed by atoms with Crippen molar-refractivity contribution in [3.8, 4) is 5.75 Å². The number of rotatable bonds is 5. The average molecular weight is 342 g/mol. The van der Waals surface area contributed by atoms with Crippen LogP contribution in [0.2, 0.25) is 0 Å². The first kappa shape index (κ1) is 16.4. The third-order valence-electron chi connectivity index (χ3n) is 3.71. The summed E-state index contributed by atoms with van der Waals surface area (Å²) < 4.78 is 5.12. The van der Waals surface area contributed by atoms with Crippen LogP contribution in [0.3, 0.4) is 0 Å². The summed E-state index contributed by atoms with van der Waals surface area (Å²) in [5.74, 6) is 1.01. The molecule has 2 aromatic carbocycles. The number of benzene rings is 2. The first-order valence-electron chi connectivity index (χ1n) is 7.63. The summed E-state index contributed by atoms with van der Waals surface area (Å²) in [4.78, 5) is 24.7. The quantitative estimate of drug-likeness (QED) is 0.877. The number of ether oxygens (including phenoxy) is 1. The van der Waals surface area contributed by atoms with Crippen molar-refractivity contribution in [1.29, 1.82) is 0 Å². The van der Waals surface area contributed by atoms with E-state index in [0.717, 1.165) is 16.1 Å². The van der Waals surface area contributed by atoms with Gasteiger partial charge in [-0.05, 0) is 42.3 Å². The summed E-state index contributed by atoms with van der Waals surface area (Å²) in [7, 11) is 1.57. The second kappa shape index (κ2) is 7.40. The van der Waals surface area contributed by atoms with Crippen LogP contribution in [-0.4, -0.2) is 31.2 Å². The number of thioether (sulfide) groups is 1. The largest absolute Gasteiger partial charge is 0.497 e. The van der Waals surface area contributed by atoms with Crippen molar-refractivity contribution >= 4 is 29.3 Å². The van der Waals surface area contributed by atoms with E-state index in [9.17, 15) is 9.59 Å². The molecule has 3 rings (SSSR count). The van der Waals surface area contributed by atoms with Crippen LogP contribution in [-0.2, 0) is 11.2 Å². The molecule has 5 nitrogen and oxygen atoms in total. The van der Waals surface area contributed by atoms with E-state index < -0.39 is 0 Å². The van der Waals surface area contributed by atoms with Crippen molar-refractivity contribution in [2.45, 2.75) is 11.3 Å². The molecule has 0 radical (unpaired) electrons. The van der Waals surface area contributed by atoms with E-state index in [-0.39, 0.29) is 11.8 Å². The highest BCUT2D eigenvalue weighted by Crippen LogP contribution is 2.31. The van der Waals surface area contributed by atoms with Gasteiger partial charge in [0.05, 0.1) is 18.6 Å². The van der Waals surface area contributed by atoms with Crippen molar-refractivity contribution in [2.75, 3.05) is 24.7 Å². The van der Waals surface area contributed by atoms with Crippen LogP contribution >= 0.6 is 11.8 Å². The predicted molar refractivity (Wildman–Crippen MR) is 94.8 cm³/mol. The second-order valence-electron chi connectivity index (χ2n) is 5.41. The van der Waals surface area contributed by atoms with Crippen molar-refractivity contribution in [3.05, 3.63) is 53.6 Å². The number of anilines is 1. The molecule has 0 unspecified atom stereocenters. The smallest absolute Gasteiger partial charge is 0.251 e. The van der Waals surface area contributed by atoms with Gasteiger partial charge in [-0.3, -0.25) is 9.59 Å². The van der Waals surface area contributed by atoms with Gasteiger partial charge in [0.1, 0.15) is 5.75 Å². The Labute approximate surface area is 144 Å².